The molecule has 80 valence electrons. The van der Waals surface area contributed by atoms with Crippen LogP contribution < -0.4 is 5.32 Å². The van der Waals surface area contributed by atoms with Crippen molar-refractivity contribution in [2.45, 2.75) is 39.2 Å². The van der Waals surface area contributed by atoms with Gasteiger partial charge in [-0.25, -0.2) is 4.79 Å². The molecule has 1 heterocycles. The fourth-order valence-corrected chi connectivity index (χ4v) is 1.71. The van der Waals surface area contributed by atoms with E-state index >= 15 is 0 Å². The Morgan fingerprint density at radius 2 is 2.36 bits per heavy atom. The number of hydrogen-bond donors (Lipinski definition) is 1. The highest BCUT2D eigenvalue weighted by atomic mass is 16.5. The van der Waals surface area contributed by atoms with Gasteiger partial charge in [-0.3, -0.25) is 0 Å². The minimum atomic E-state index is -0.225. The van der Waals surface area contributed by atoms with Crippen molar-refractivity contribution in [1.82, 2.24) is 5.32 Å². The number of esters is 1. The maximum absolute atomic E-state index is 11.2. The van der Waals surface area contributed by atoms with Crippen LogP contribution in [0.4, 0.5) is 0 Å². The molecule has 1 N–H and O–H groups in total. The van der Waals surface area contributed by atoms with Gasteiger partial charge in [-0.2, -0.15) is 0 Å². The molecule has 0 amide bonds. The van der Waals surface area contributed by atoms with Crippen LogP contribution in [0.15, 0.2) is 11.6 Å². The van der Waals surface area contributed by atoms with Crippen molar-refractivity contribution >= 4 is 5.97 Å². The van der Waals surface area contributed by atoms with Crippen LogP contribution in [0.5, 0.6) is 0 Å². The summed E-state index contributed by atoms with van der Waals surface area (Å²) >= 11 is 0. The van der Waals surface area contributed by atoms with Gasteiger partial charge in [-0.1, -0.05) is 6.42 Å². The second kappa shape index (κ2) is 5.81. The molecule has 0 aromatic carbocycles. The van der Waals surface area contributed by atoms with E-state index in [0.717, 1.165) is 18.5 Å². The summed E-state index contributed by atoms with van der Waals surface area (Å²) in [5.41, 5.74) is 1.09. The number of hydrogen-bond acceptors (Lipinski definition) is 3. The largest absolute Gasteiger partial charge is 0.463 e. The van der Waals surface area contributed by atoms with Crippen LogP contribution >= 0.6 is 0 Å². The summed E-state index contributed by atoms with van der Waals surface area (Å²) in [6.07, 6.45) is 5.21. The Hall–Kier alpha value is -0.830. The second-order valence-corrected chi connectivity index (χ2v) is 3.64. The SMILES string of the molecule is CCOC(=O)/C=C(/C)C1CCCCN1. The van der Waals surface area contributed by atoms with Crippen molar-refractivity contribution in [2.75, 3.05) is 13.2 Å². The van der Waals surface area contributed by atoms with E-state index in [0.29, 0.717) is 12.6 Å². The molecule has 1 atom stereocenters. The molecule has 1 saturated heterocycles. The Balaban J connectivity index is 2.44. The number of carbonyl (C=O) groups excluding carboxylic acids is 1. The van der Waals surface area contributed by atoms with E-state index in [-0.39, 0.29) is 5.97 Å². The zero-order valence-electron chi connectivity index (χ0n) is 9.01. The quantitative estimate of drug-likeness (QED) is 0.552. The van der Waals surface area contributed by atoms with E-state index in [2.05, 4.69) is 5.32 Å². The molecule has 0 bridgehead atoms. The minimum absolute atomic E-state index is 0.225. The summed E-state index contributed by atoms with van der Waals surface area (Å²) in [5.74, 6) is -0.225. The van der Waals surface area contributed by atoms with E-state index in [9.17, 15) is 4.79 Å². The van der Waals surface area contributed by atoms with Crippen molar-refractivity contribution in [3.8, 4) is 0 Å². The third-order valence-electron chi connectivity index (χ3n) is 2.49. The van der Waals surface area contributed by atoms with E-state index in [1.165, 1.54) is 12.8 Å². The van der Waals surface area contributed by atoms with Gasteiger partial charge in [-0.05, 0) is 38.8 Å². The van der Waals surface area contributed by atoms with Gasteiger partial charge in [0.25, 0.3) is 0 Å². The average molecular weight is 197 g/mol. The normalized spacial score (nSPS) is 23.3. The van der Waals surface area contributed by atoms with E-state index in [1.807, 2.05) is 13.8 Å². The molecular weight excluding hydrogens is 178 g/mol. The molecule has 1 rings (SSSR count). The number of rotatable bonds is 3. The fourth-order valence-electron chi connectivity index (χ4n) is 1.71. The molecule has 3 nitrogen and oxygen atoms in total. The molecule has 1 unspecified atom stereocenters. The van der Waals surface area contributed by atoms with Gasteiger partial charge in [0.15, 0.2) is 0 Å². The third kappa shape index (κ3) is 3.50. The number of carbonyl (C=O) groups is 1. The Labute approximate surface area is 85.5 Å². The summed E-state index contributed by atoms with van der Waals surface area (Å²) in [6, 6.07) is 0.369. The number of piperidine rings is 1. The maximum Gasteiger partial charge on any atom is 0.330 e. The molecule has 0 spiro atoms. The number of nitrogens with one attached hydrogen (secondary N) is 1. The molecule has 14 heavy (non-hydrogen) atoms. The highest BCUT2D eigenvalue weighted by Gasteiger charge is 2.14. The first kappa shape index (κ1) is 11.2. The first-order valence-corrected chi connectivity index (χ1v) is 5.32. The minimum Gasteiger partial charge on any atom is -0.463 e. The van der Waals surface area contributed by atoms with Gasteiger partial charge in [-0.15, -0.1) is 0 Å². The lowest BCUT2D eigenvalue weighted by molar-refractivity contribution is -0.137. The summed E-state index contributed by atoms with van der Waals surface area (Å²) in [6.45, 7) is 5.30. The van der Waals surface area contributed by atoms with Crippen LogP contribution in [0.3, 0.4) is 0 Å². The van der Waals surface area contributed by atoms with Crippen molar-refractivity contribution in [2.24, 2.45) is 0 Å². The zero-order chi connectivity index (χ0) is 10.4. The molecule has 1 aliphatic heterocycles. The molecule has 0 aromatic rings. The Morgan fingerprint density at radius 1 is 1.57 bits per heavy atom. The molecule has 1 aliphatic rings. The molecule has 1 fully saturated rings. The highest BCUT2D eigenvalue weighted by Crippen LogP contribution is 2.14. The zero-order valence-corrected chi connectivity index (χ0v) is 9.01. The molecule has 0 radical (unpaired) electrons. The fraction of sp³-hybridized carbons (Fsp3) is 0.727. The van der Waals surface area contributed by atoms with Crippen LogP contribution in [0.1, 0.15) is 33.1 Å². The van der Waals surface area contributed by atoms with Crippen molar-refractivity contribution in [3.05, 3.63) is 11.6 Å². The molecule has 0 aliphatic carbocycles. The third-order valence-corrected chi connectivity index (χ3v) is 2.49. The van der Waals surface area contributed by atoms with Crippen LogP contribution in [0.25, 0.3) is 0 Å². The lowest BCUT2D eigenvalue weighted by atomic mass is 9.98. The highest BCUT2D eigenvalue weighted by molar-refractivity contribution is 5.82. The Morgan fingerprint density at radius 3 is 2.93 bits per heavy atom. The Kier molecular flexibility index (Phi) is 4.66. The van der Waals surface area contributed by atoms with Gasteiger partial charge in [0.2, 0.25) is 0 Å². The van der Waals surface area contributed by atoms with Crippen molar-refractivity contribution in [3.63, 3.8) is 0 Å². The molecule has 0 aromatic heterocycles. The van der Waals surface area contributed by atoms with E-state index < -0.39 is 0 Å². The summed E-state index contributed by atoms with van der Waals surface area (Å²) in [7, 11) is 0. The monoisotopic (exact) mass is 197 g/mol. The maximum atomic E-state index is 11.2. The first-order chi connectivity index (χ1) is 6.74. The predicted molar refractivity (Wildman–Crippen MR) is 56.0 cm³/mol. The van der Waals surface area contributed by atoms with Gasteiger partial charge in [0.05, 0.1) is 6.61 Å². The molecule has 0 saturated carbocycles. The molecule has 3 heteroatoms. The van der Waals surface area contributed by atoms with Crippen LogP contribution in [-0.2, 0) is 9.53 Å². The number of ether oxygens (including phenoxy) is 1. The Bertz CT molecular complexity index is 217. The molecular formula is C11H19NO2. The smallest absolute Gasteiger partial charge is 0.330 e. The standard InChI is InChI=1S/C11H19NO2/c1-3-14-11(13)8-9(2)10-6-4-5-7-12-10/h8,10,12H,3-7H2,1-2H3/b9-8-. The topological polar surface area (TPSA) is 38.3 Å². The lowest BCUT2D eigenvalue weighted by Crippen LogP contribution is -2.35. The van der Waals surface area contributed by atoms with E-state index in [4.69, 9.17) is 4.74 Å². The summed E-state index contributed by atoms with van der Waals surface area (Å²) in [5, 5.41) is 3.39. The van der Waals surface area contributed by atoms with Gasteiger partial charge >= 0.3 is 5.97 Å². The second-order valence-electron chi connectivity index (χ2n) is 3.64. The van der Waals surface area contributed by atoms with Crippen molar-refractivity contribution < 1.29 is 9.53 Å². The summed E-state index contributed by atoms with van der Waals surface area (Å²) in [4.78, 5) is 11.2. The van der Waals surface area contributed by atoms with E-state index in [1.54, 1.807) is 6.08 Å². The van der Waals surface area contributed by atoms with Gasteiger partial charge < -0.3 is 10.1 Å². The van der Waals surface area contributed by atoms with Gasteiger partial charge in [0.1, 0.15) is 0 Å². The lowest BCUT2D eigenvalue weighted by Gasteiger charge is -2.23. The van der Waals surface area contributed by atoms with Crippen LogP contribution in [0.2, 0.25) is 0 Å². The summed E-state index contributed by atoms with van der Waals surface area (Å²) < 4.78 is 4.86. The van der Waals surface area contributed by atoms with Gasteiger partial charge in [0, 0.05) is 12.1 Å². The van der Waals surface area contributed by atoms with Crippen LogP contribution in [-0.4, -0.2) is 25.2 Å². The predicted octanol–water partition coefficient (Wildman–Crippen LogP) is 1.64. The average Bonchev–Trinajstić information content (AvgIpc) is 2.19. The van der Waals surface area contributed by atoms with Crippen LogP contribution in [0, 0.1) is 0 Å². The first-order valence-electron chi connectivity index (χ1n) is 5.32. The van der Waals surface area contributed by atoms with Crippen molar-refractivity contribution in [1.29, 1.82) is 0 Å².